The van der Waals surface area contributed by atoms with Gasteiger partial charge < -0.3 is 5.32 Å². The van der Waals surface area contributed by atoms with Crippen molar-refractivity contribution in [2.24, 2.45) is 5.92 Å². The molecule has 1 fully saturated rings. The van der Waals surface area contributed by atoms with Gasteiger partial charge in [0.1, 0.15) is 0 Å². The number of hydrogen-bond acceptors (Lipinski definition) is 1. The minimum Gasteiger partial charge on any atom is -0.325 e. The summed E-state index contributed by atoms with van der Waals surface area (Å²) in [5.74, 6) is -0.245. The molecule has 1 aliphatic carbocycles. The maximum atomic E-state index is 13.0. The number of nitrogens with one attached hydrogen (secondary N) is 1. The predicted molar refractivity (Wildman–Crippen MR) is 69.4 cm³/mol. The fourth-order valence-electron chi connectivity index (χ4n) is 3.40. The Morgan fingerprint density at radius 3 is 2.55 bits per heavy atom. The van der Waals surface area contributed by atoms with Crippen molar-refractivity contribution in [1.29, 1.82) is 0 Å². The van der Waals surface area contributed by atoms with E-state index in [1.807, 2.05) is 0 Å². The Hall–Kier alpha value is -1.52. The van der Waals surface area contributed by atoms with Crippen molar-refractivity contribution >= 4 is 11.6 Å². The lowest BCUT2D eigenvalue weighted by Crippen LogP contribution is -2.15. The first-order chi connectivity index (χ1) is 9.47. The molecule has 1 heterocycles. The van der Waals surface area contributed by atoms with Crippen molar-refractivity contribution in [3.8, 4) is 0 Å². The van der Waals surface area contributed by atoms with E-state index >= 15 is 0 Å². The zero-order valence-corrected chi connectivity index (χ0v) is 11.0. The highest BCUT2D eigenvalue weighted by atomic mass is 19.4. The number of carbonyl (C=O) groups excluding carboxylic acids is 1. The number of para-hydroxylation sites is 1. The summed E-state index contributed by atoms with van der Waals surface area (Å²) in [5.41, 5.74) is -0.262. The van der Waals surface area contributed by atoms with Gasteiger partial charge in [-0.15, -0.1) is 0 Å². The van der Waals surface area contributed by atoms with Crippen LogP contribution in [0.5, 0.6) is 0 Å². The van der Waals surface area contributed by atoms with Crippen LogP contribution < -0.4 is 5.32 Å². The maximum absolute atomic E-state index is 13.0. The monoisotopic (exact) mass is 283 g/mol. The quantitative estimate of drug-likeness (QED) is 0.860. The van der Waals surface area contributed by atoms with Crippen molar-refractivity contribution in [3.05, 3.63) is 29.3 Å². The fourth-order valence-corrected chi connectivity index (χ4v) is 3.40. The molecule has 0 bridgehead atoms. The Kier molecular flexibility index (Phi) is 3.22. The fraction of sp³-hybridized carbons (Fsp3) is 0.533. The molecule has 3 rings (SSSR count). The summed E-state index contributed by atoms with van der Waals surface area (Å²) in [6.07, 6.45) is 0.722. The van der Waals surface area contributed by atoms with E-state index in [0.29, 0.717) is 17.9 Å². The molecule has 1 unspecified atom stereocenters. The molecule has 108 valence electrons. The molecule has 1 aromatic rings. The number of hydrogen-bond donors (Lipinski definition) is 1. The van der Waals surface area contributed by atoms with E-state index in [0.717, 1.165) is 31.7 Å². The third-order valence-corrected chi connectivity index (χ3v) is 4.39. The van der Waals surface area contributed by atoms with Crippen LogP contribution in [0.15, 0.2) is 18.2 Å². The second-order valence-corrected chi connectivity index (χ2v) is 5.70. The first kappa shape index (κ1) is 13.5. The van der Waals surface area contributed by atoms with Crippen molar-refractivity contribution in [2.75, 3.05) is 5.32 Å². The smallest absolute Gasteiger partial charge is 0.325 e. The second kappa shape index (κ2) is 4.79. The molecule has 1 aromatic carbocycles. The maximum Gasteiger partial charge on any atom is 0.418 e. The zero-order chi connectivity index (χ0) is 14.3. The van der Waals surface area contributed by atoms with Crippen LogP contribution in [0.3, 0.4) is 0 Å². The van der Waals surface area contributed by atoms with Gasteiger partial charge in [-0.2, -0.15) is 13.2 Å². The molecule has 0 aromatic heterocycles. The molecule has 1 atom stereocenters. The largest absolute Gasteiger partial charge is 0.418 e. The van der Waals surface area contributed by atoms with Crippen molar-refractivity contribution < 1.29 is 18.0 Å². The minimum atomic E-state index is -4.43. The van der Waals surface area contributed by atoms with Crippen LogP contribution >= 0.6 is 0 Å². The Morgan fingerprint density at radius 1 is 1.20 bits per heavy atom. The van der Waals surface area contributed by atoms with Gasteiger partial charge in [-0.05, 0) is 24.0 Å². The standard InChI is InChI=1S/C15H16F3NO/c16-15(17,18)12-7-3-6-10-11(14(20)19-13(10)12)8-9-4-1-2-5-9/h3,6-7,9,11H,1-2,4-5,8H2,(H,19,20). The molecule has 0 spiro atoms. The summed E-state index contributed by atoms with van der Waals surface area (Å²) in [7, 11) is 0. The number of carbonyl (C=O) groups is 1. The Balaban J connectivity index is 1.92. The van der Waals surface area contributed by atoms with Crippen LogP contribution in [0, 0.1) is 5.92 Å². The molecule has 20 heavy (non-hydrogen) atoms. The van der Waals surface area contributed by atoms with E-state index in [2.05, 4.69) is 5.32 Å². The summed E-state index contributed by atoms with van der Waals surface area (Å²) in [5, 5.41) is 2.44. The van der Waals surface area contributed by atoms with Crippen LogP contribution in [0.1, 0.15) is 49.1 Å². The first-order valence-electron chi connectivity index (χ1n) is 6.98. The summed E-state index contributed by atoms with van der Waals surface area (Å²) in [6.45, 7) is 0. The molecule has 1 saturated carbocycles. The van der Waals surface area contributed by atoms with Crippen molar-refractivity contribution in [3.63, 3.8) is 0 Å². The van der Waals surface area contributed by atoms with Gasteiger partial charge in [-0.25, -0.2) is 0 Å². The van der Waals surface area contributed by atoms with E-state index in [9.17, 15) is 18.0 Å². The van der Waals surface area contributed by atoms with Crippen LogP contribution in [0.2, 0.25) is 0 Å². The molecule has 2 aliphatic rings. The van der Waals surface area contributed by atoms with Crippen LogP contribution in [-0.2, 0) is 11.0 Å². The van der Waals surface area contributed by atoms with Crippen molar-refractivity contribution in [2.45, 2.75) is 44.2 Å². The normalized spacial score (nSPS) is 22.9. The Labute approximate surface area is 115 Å². The van der Waals surface area contributed by atoms with E-state index in [1.54, 1.807) is 6.07 Å². The number of fused-ring (bicyclic) bond motifs is 1. The molecule has 2 nitrogen and oxygen atoms in total. The van der Waals surface area contributed by atoms with E-state index in [4.69, 9.17) is 0 Å². The lowest BCUT2D eigenvalue weighted by molar-refractivity contribution is -0.136. The first-order valence-corrected chi connectivity index (χ1v) is 6.98. The number of benzene rings is 1. The average Bonchev–Trinajstić information content (AvgIpc) is 2.97. The number of amides is 1. The molecule has 5 heteroatoms. The highest BCUT2D eigenvalue weighted by Gasteiger charge is 2.41. The number of anilines is 1. The molecule has 1 aliphatic heterocycles. The van der Waals surface area contributed by atoms with Gasteiger partial charge in [0.25, 0.3) is 0 Å². The Bertz CT molecular complexity index is 532. The molecular weight excluding hydrogens is 267 g/mol. The topological polar surface area (TPSA) is 29.1 Å². The van der Waals surface area contributed by atoms with Gasteiger partial charge in [-0.3, -0.25) is 4.79 Å². The zero-order valence-electron chi connectivity index (χ0n) is 11.0. The van der Waals surface area contributed by atoms with Gasteiger partial charge in [0.15, 0.2) is 0 Å². The van der Waals surface area contributed by atoms with Crippen LogP contribution in [0.4, 0.5) is 18.9 Å². The molecular formula is C15H16F3NO. The van der Waals surface area contributed by atoms with Crippen LogP contribution in [0.25, 0.3) is 0 Å². The van der Waals surface area contributed by atoms with Gasteiger partial charge in [0.2, 0.25) is 5.91 Å². The molecule has 0 radical (unpaired) electrons. The van der Waals surface area contributed by atoms with E-state index in [1.165, 1.54) is 6.07 Å². The predicted octanol–water partition coefficient (Wildman–Crippen LogP) is 4.32. The lowest BCUT2D eigenvalue weighted by Gasteiger charge is -2.15. The second-order valence-electron chi connectivity index (χ2n) is 5.70. The summed E-state index contributed by atoms with van der Waals surface area (Å²) in [6, 6.07) is 4.06. The van der Waals surface area contributed by atoms with Gasteiger partial charge in [0, 0.05) is 0 Å². The Morgan fingerprint density at radius 2 is 1.90 bits per heavy atom. The lowest BCUT2D eigenvalue weighted by atomic mass is 9.88. The summed E-state index contributed by atoms with van der Waals surface area (Å²) < 4.78 is 38.9. The highest BCUT2D eigenvalue weighted by Crippen LogP contribution is 2.45. The third kappa shape index (κ3) is 2.30. The number of rotatable bonds is 2. The highest BCUT2D eigenvalue weighted by molar-refractivity contribution is 6.03. The minimum absolute atomic E-state index is 0.0343. The number of alkyl halides is 3. The summed E-state index contributed by atoms with van der Waals surface area (Å²) in [4.78, 5) is 12.0. The number of halogens is 3. The van der Waals surface area contributed by atoms with Gasteiger partial charge in [-0.1, -0.05) is 37.8 Å². The molecule has 1 amide bonds. The molecule has 1 N–H and O–H groups in total. The van der Waals surface area contributed by atoms with E-state index in [-0.39, 0.29) is 11.6 Å². The SMILES string of the molecule is O=C1Nc2c(cccc2C(F)(F)F)C1CC1CCCC1. The van der Waals surface area contributed by atoms with Gasteiger partial charge >= 0.3 is 6.18 Å². The molecule has 0 saturated heterocycles. The van der Waals surface area contributed by atoms with E-state index < -0.39 is 17.7 Å². The van der Waals surface area contributed by atoms with Gasteiger partial charge in [0.05, 0.1) is 17.2 Å². The van der Waals surface area contributed by atoms with Crippen LogP contribution in [-0.4, -0.2) is 5.91 Å². The van der Waals surface area contributed by atoms with Crippen molar-refractivity contribution in [1.82, 2.24) is 0 Å². The third-order valence-electron chi connectivity index (χ3n) is 4.39. The summed E-state index contributed by atoms with van der Waals surface area (Å²) >= 11 is 0. The average molecular weight is 283 g/mol.